The molecule has 1 aliphatic rings. The molecular formula is C12H16ClN5O3. The van der Waals surface area contributed by atoms with Gasteiger partial charge in [-0.05, 0) is 23.9 Å². The van der Waals surface area contributed by atoms with Crippen LogP contribution in [0.3, 0.4) is 0 Å². The van der Waals surface area contributed by atoms with Gasteiger partial charge in [0.1, 0.15) is 11.6 Å². The fourth-order valence-electron chi connectivity index (χ4n) is 2.79. The maximum absolute atomic E-state index is 10.4. The molecule has 0 aliphatic heterocycles. The van der Waals surface area contributed by atoms with E-state index in [1.807, 2.05) is 6.92 Å². The smallest absolute Gasteiger partial charge is 0.226 e. The third-order valence-electron chi connectivity index (χ3n) is 4.38. The van der Waals surface area contributed by atoms with Crippen LogP contribution in [0.15, 0.2) is 6.33 Å². The summed E-state index contributed by atoms with van der Waals surface area (Å²) in [6.45, 7) is 1.71. The van der Waals surface area contributed by atoms with E-state index in [-0.39, 0.29) is 29.3 Å². The van der Waals surface area contributed by atoms with Gasteiger partial charge < -0.3 is 21.1 Å². The molecule has 0 bridgehead atoms. The number of fused-ring (bicyclic) bond motifs is 1. The highest BCUT2D eigenvalue weighted by atomic mass is 35.5. The van der Waals surface area contributed by atoms with Crippen LogP contribution < -0.4 is 5.73 Å². The van der Waals surface area contributed by atoms with Crippen molar-refractivity contribution in [1.82, 2.24) is 19.5 Å². The number of imidazole rings is 1. The van der Waals surface area contributed by atoms with Crippen LogP contribution in [-0.4, -0.2) is 47.5 Å². The van der Waals surface area contributed by atoms with Gasteiger partial charge in [-0.2, -0.15) is 9.97 Å². The molecule has 9 heteroatoms. The standard InChI is InChI=1S/C12H16ClN5O3/c1-5-2-12(5,3-19)7(20)10(21)18-4-15-6-8(14)16-11(13)17-9(6)18/h4-5,7,10,19-21H,2-3H2,1H3,(H2,14,16,17)/t5-,7-,10+,12-/m0/s1. The van der Waals surface area contributed by atoms with Gasteiger partial charge in [0.05, 0.1) is 12.9 Å². The Balaban J connectivity index is 2.01. The number of nitrogens with zero attached hydrogens (tertiary/aromatic N) is 4. The molecule has 0 amide bonds. The van der Waals surface area contributed by atoms with E-state index >= 15 is 0 Å². The molecule has 3 rings (SSSR count). The van der Waals surface area contributed by atoms with Gasteiger partial charge in [0.25, 0.3) is 0 Å². The molecule has 4 atom stereocenters. The monoisotopic (exact) mass is 313 g/mol. The van der Waals surface area contributed by atoms with E-state index in [2.05, 4.69) is 15.0 Å². The van der Waals surface area contributed by atoms with Gasteiger partial charge in [0.2, 0.25) is 5.28 Å². The second-order valence-corrected chi connectivity index (χ2v) is 5.89. The van der Waals surface area contributed by atoms with Crippen molar-refractivity contribution >= 4 is 28.6 Å². The summed E-state index contributed by atoms with van der Waals surface area (Å²) in [5.74, 6) is 0.229. The molecule has 0 radical (unpaired) electrons. The average Bonchev–Trinajstić information content (AvgIpc) is 2.92. The minimum absolute atomic E-state index is 0.0694. The molecule has 0 aromatic carbocycles. The third kappa shape index (κ3) is 2.06. The van der Waals surface area contributed by atoms with Crippen molar-refractivity contribution in [2.45, 2.75) is 25.7 Å². The number of hydrogen-bond acceptors (Lipinski definition) is 7. The molecular weight excluding hydrogens is 298 g/mol. The third-order valence-corrected chi connectivity index (χ3v) is 4.55. The summed E-state index contributed by atoms with van der Waals surface area (Å²) in [6, 6.07) is 0. The first kappa shape index (κ1) is 14.5. The van der Waals surface area contributed by atoms with Gasteiger partial charge in [-0.3, -0.25) is 4.57 Å². The molecule has 1 aliphatic carbocycles. The molecule has 0 spiro atoms. The predicted molar refractivity (Wildman–Crippen MR) is 75.3 cm³/mol. The van der Waals surface area contributed by atoms with E-state index < -0.39 is 17.7 Å². The first-order valence-corrected chi connectivity index (χ1v) is 6.91. The molecule has 1 fully saturated rings. The van der Waals surface area contributed by atoms with Crippen molar-refractivity contribution in [3.8, 4) is 0 Å². The molecule has 0 unspecified atom stereocenters. The fraction of sp³-hybridized carbons (Fsp3) is 0.583. The van der Waals surface area contributed by atoms with E-state index in [9.17, 15) is 15.3 Å². The predicted octanol–water partition coefficient (Wildman–Crippen LogP) is -0.0678. The Kier molecular flexibility index (Phi) is 3.28. The van der Waals surface area contributed by atoms with Crippen LogP contribution in [0.5, 0.6) is 0 Å². The molecule has 0 saturated heterocycles. The normalized spacial score (nSPS) is 27.8. The van der Waals surface area contributed by atoms with Crippen molar-refractivity contribution < 1.29 is 15.3 Å². The van der Waals surface area contributed by atoms with Gasteiger partial charge in [-0.15, -0.1) is 0 Å². The number of aromatic nitrogens is 4. The number of aliphatic hydroxyl groups is 3. The second-order valence-electron chi connectivity index (χ2n) is 5.56. The van der Waals surface area contributed by atoms with Gasteiger partial charge in [-0.25, -0.2) is 4.98 Å². The maximum atomic E-state index is 10.4. The summed E-state index contributed by atoms with van der Waals surface area (Å²) in [6.07, 6.45) is -0.494. The van der Waals surface area contributed by atoms with E-state index in [0.29, 0.717) is 11.9 Å². The van der Waals surface area contributed by atoms with Crippen molar-refractivity contribution in [3.63, 3.8) is 0 Å². The molecule has 2 heterocycles. The Morgan fingerprint density at radius 3 is 2.76 bits per heavy atom. The summed E-state index contributed by atoms with van der Waals surface area (Å²) < 4.78 is 1.28. The van der Waals surface area contributed by atoms with Crippen molar-refractivity contribution in [1.29, 1.82) is 0 Å². The van der Waals surface area contributed by atoms with Crippen LogP contribution in [0.2, 0.25) is 5.28 Å². The Bertz CT molecular complexity index is 689. The van der Waals surface area contributed by atoms with Crippen LogP contribution >= 0.6 is 11.6 Å². The molecule has 5 N–H and O–H groups in total. The zero-order valence-electron chi connectivity index (χ0n) is 11.3. The average molecular weight is 314 g/mol. The van der Waals surface area contributed by atoms with Gasteiger partial charge in [-0.1, -0.05) is 6.92 Å². The van der Waals surface area contributed by atoms with Gasteiger partial charge in [0.15, 0.2) is 17.7 Å². The highest BCUT2D eigenvalue weighted by Gasteiger charge is 2.58. The number of hydrogen-bond donors (Lipinski definition) is 4. The summed E-state index contributed by atoms with van der Waals surface area (Å²) in [4.78, 5) is 11.8. The van der Waals surface area contributed by atoms with E-state index in [0.717, 1.165) is 0 Å². The van der Waals surface area contributed by atoms with Gasteiger partial charge >= 0.3 is 0 Å². The van der Waals surface area contributed by atoms with Crippen LogP contribution in [0, 0.1) is 11.3 Å². The fourth-order valence-corrected chi connectivity index (χ4v) is 2.96. The summed E-state index contributed by atoms with van der Waals surface area (Å²) in [7, 11) is 0. The lowest BCUT2D eigenvalue weighted by molar-refractivity contribution is -0.0822. The molecule has 2 aromatic rings. The first-order chi connectivity index (χ1) is 9.90. The van der Waals surface area contributed by atoms with Gasteiger partial charge in [0, 0.05) is 5.41 Å². The maximum Gasteiger partial charge on any atom is 0.226 e. The molecule has 114 valence electrons. The molecule has 1 saturated carbocycles. The summed E-state index contributed by atoms with van der Waals surface area (Å²) in [5, 5.41) is 30.2. The highest BCUT2D eigenvalue weighted by molar-refractivity contribution is 6.28. The molecule has 8 nitrogen and oxygen atoms in total. The lowest BCUT2D eigenvalue weighted by atomic mass is 9.96. The molecule has 2 aromatic heterocycles. The zero-order chi connectivity index (χ0) is 15.4. The Labute approximate surface area is 125 Å². The summed E-state index contributed by atoms with van der Waals surface area (Å²) in [5.41, 5.74) is 5.54. The second kappa shape index (κ2) is 4.77. The van der Waals surface area contributed by atoms with Crippen LogP contribution in [-0.2, 0) is 0 Å². The number of halogens is 1. The van der Waals surface area contributed by atoms with E-state index in [1.54, 1.807) is 0 Å². The van der Waals surface area contributed by atoms with Crippen LogP contribution in [0.1, 0.15) is 19.6 Å². The lowest BCUT2D eigenvalue weighted by Gasteiger charge is -2.26. The highest BCUT2D eigenvalue weighted by Crippen LogP contribution is 2.56. The number of nitrogens with two attached hydrogens (primary N) is 1. The van der Waals surface area contributed by atoms with Crippen molar-refractivity contribution in [3.05, 3.63) is 11.6 Å². The van der Waals surface area contributed by atoms with E-state index in [1.165, 1.54) is 10.9 Å². The number of anilines is 1. The number of rotatable bonds is 4. The Morgan fingerprint density at radius 2 is 2.19 bits per heavy atom. The Morgan fingerprint density at radius 1 is 1.52 bits per heavy atom. The Hall–Kier alpha value is -1.48. The number of nitrogen functional groups attached to an aromatic ring is 1. The quantitative estimate of drug-likeness (QED) is 0.581. The summed E-state index contributed by atoms with van der Waals surface area (Å²) >= 11 is 5.76. The lowest BCUT2D eigenvalue weighted by Crippen LogP contribution is -2.36. The minimum atomic E-state index is -1.31. The first-order valence-electron chi connectivity index (χ1n) is 6.53. The van der Waals surface area contributed by atoms with Crippen LogP contribution in [0.25, 0.3) is 11.2 Å². The minimum Gasteiger partial charge on any atom is -0.396 e. The molecule has 21 heavy (non-hydrogen) atoms. The van der Waals surface area contributed by atoms with E-state index in [4.69, 9.17) is 17.3 Å². The zero-order valence-corrected chi connectivity index (χ0v) is 12.1. The van der Waals surface area contributed by atoms with Crippen LogP contribution in [0.4, 0.5) is 5.82 Å². The van der Waals surface area contributed by atoms with Crippen molar-refractivity contribution in [2.24, 2.45) is 11.3 Å². The largest absolute Gasteiger partial charge is 0.396 e. The SMILES string of the molecule is C[C@H]1C[C@@]1(CO)[C@@H](O)[C@@H](O)n1cnc2c(N)nc(Cl)nc21. The topological polar surface area (TPSA) is 130 Å². The van der Waals surface area contributed by atoms with Crippen molar-refractivity contribution in [2.75, 3.05) is 12.3 Å². The number of aliphatic hydroxyl groups excluding tert-OH is 3.